The lowest BCUT2D eigenvalue weighted by Gasteiger charge is -2.26. The monoisotopic (exact) mass is 360 g/mol. The molecule has 0 bridgehead atoms. The van der Waals surface area contributed by atoms with Crippen molar-refractivity contribution in [3.63, 3.8) is 0 Å². The largest absolute Gasteiger partial charge is 0.494 e. The van der Waals surface area contributed by atoms with E-state index in [1.807, 2.05) is 6.92 Å². The van der Waals surface area contributed by atoms with E-state index in [1.165, 1.54) is 6.07 Å². The van der Waals surface area contributed by atoms with Gasteiger partial charge < -0.3 is 19.2 Å². The van der Waals surface area contributed by atoms with Gasteiger partial charge in [-0.3, -0.25) is 9.69 Å². The van der Waals surface area contributed by atoms with E-state index < -0.39 is 5.63 Å². The Bertz CT molecular complexity index is 811. The van der Waals surface area contributed by atoms with Gasteiger partial charge in [0.15, 0.2) is 0 Å². The number of carbonyl (C=O) groups is 1. The summed E-state index contributed by atoms with van der Waals surface area (Å²) < 4.78 is 15.9. The number of nitrogens with zero attached hydrogens (tertiary/aromatic N) is 1. The molecular weight excluding hydrogens is 336 g/mol. The third-order valence-electron chi connectivity index (χ3n) is 4.31. The molecule has 1 aromatic heterocycles. The van der Waals surface area contributed by atoms with E-state index in [-0.39, 0.29) is 5.91 Å². The maximum absolute atomic E-state index is 12.5. The number of hydrogen-bond acceptors (Lipinski definition) is 6. The zero-order valence-corrected chi connectivity index (χ0v) is 15.0. The van der Waals surface area contributed by atoms with Crippen LogP contribution in [0.4, 0.5) is 0 Å². The lowest BCUT2D eigenvalue weighted by Crippen LogP contribution is -2.38. The Labute approximate surface area is 151 Å². The number of hydrogen-bond donors (Lipinski definition) is 1. The van der Waals surface area contributed by atoms with Crippen LogP contribution in [-0.4, -0.2) is 56.8 Å². The quantitative estimate of drug-likeness (QED) is 0.597. The SMILES string of the molecule is CCOc1ccc2c(C(=O)NCCCN3CCOCC3)cc(=O)oc2c1. The van der Waals surface area contributed by atoms with Crippen molar-refractivity contribution in [1.82, 2.24) is 10.2 Å². The number of amides is 1. The second-order valence-electron chi connectivity index (χ2n) is 6.13. The predicted octanol–water partition coefficient (Wildman–Crippen LogP) is 1.64. The first-order valence-electron chi connectivity index (χ1n) is 8.96. The topological polar surface area (TPSA) is 81.0 Å². The number of fused-ring (bicyclic) bond motifs is 1. The molecule has 0 atom stereocenters. The van der Waals surface area contributed by atoms with Crippen molar-refractivity contribution in [3.05, 3.63) is 40.2 Å². The summed E-state index contributed by atoms with van der Waals surface area (Å²) in [6, 6.07) is 6.38. The molecule has 7 nitrogen and oxygen atoms in total. The van der Waals surface area contributed by atoms with Crippen molar-refractivity contribution in [2.75, 3.05) is 46.0 Å². The van der Waals surface area contributed by atoms with Crippen LogP contribution in [0.15, 0.2) is 33.5 Å². The van der Waals surface area contributed by atoms with Gasteiger partial charge in [-0.2, -0.15) is 0 Å². The normalized spacial score (nSPS) is 15.1. The first-order valence-corrected chi connectivity index (χ1v) is 8.96. The molecule has 26 heavy (non-hydrogen) atoms. The van der Waals surface area contributed by atoms with Gasteiger partial charge in [-0.25, -0.2) is 4.79 Å². The van der Waals surface area contributed by atoms with Crippen LogP contribution in [0.1, 0.15) is 23.7 Å². The van der Waals surface area contributed by atoms with Crippen molar-refractivity contribution in [2.24, 2.45) is 0 Å². The van der Waals surface area contributed by atoms with E-state index in [0.29, 0.717) is 35.4 Å². The molecule has 2 aromatic rings. The first-order chi connectivity index (χ1) is 12.7. The fraction of sp³-hybridized carbons (Fsp3) is 0.474. The highest BCUT2D eigenvalue weighted by molar-refractivity contribution is 6.05. The van der Waals surface area contributed by atoms with E-state index in [2.05, 4.69) is 10.2 Å². The molecule has 0 saturated carbocycles. The van der Waals surface area contributed by atoms with Gasteiger partial charge in [-0.1, -0.05) is 0 Å². The van der Waals surface area contributed by atoms with Crippen LogP contribution in [0.5, 0.6) is 5.75 Å². The molecule has 3 rings (SSSR count). The van der Waals surface area contributed by atoms with Crippen molar-refractivity contribution < 1.29 is 18.7 Å². The molecule has 1 saturated heterocycles. The fourth-order valence-corrected chi connectivity index (χ4v) is 3.01. The Morgan fingerprint density at radius 1 is 1.27 bits per heavy atom. The molecule has 7 heteroatoms. The molecule has 140 valence electrons. The standard InChI is InChI=1S/C19H24N2O5/c1-2-25-14-4-5-15-16(13-18(22)26-17(15)12-14)19(23)20-6-3-7-21-8-10-24-11-9-21/h4-5,12-13H,2-3,6-11H2,1H3,(H,20,23). The van der Waals surface area contributed by atoms with Crippen molar-refractivity contribution >= 4 is 16.9 Å². The van der Waals surface area contributed by atoms with Crippen LogP contribution in [0.2, 0.25) is 0 Å². The van der Waals surface area contributed by atoms with Crippen LogP contribution in [0, 0.1) is 0 Å². The molecule has 1 fully saturated rings. The molecule has 2 heterocycles. The fourth-order valence-electron chi connectivity index (χ4n) is 3.01. The van der Waals surface area contributed by atoms with Gasteiger partial charge in [0.1, 0.15) is 11.3 Å². The lowest BCUT2D eigenvalue weighted by molar-refractivity contribution is 0.0374. The van der Waals surface area contributed by atoms with Gasteiger partial charge in [-0.05, 0) is 32.0 Å². The minimum Gasteiger partial charge on any atom is -0.494 e. The average Bonchev–Trinajstić information content (AvgIpc) is 2.65. The summed E-state index contributed by atoms with van der Waals surface area (Å²) >= 11 is 0. The molecule has 0 spiro atoms. The van der Waals surface area contributed by atoms with Gasteiger partial charge in [0.05, 0.1) is 25.4 Å². The number of ether oxygens (including phenoxy) is 2. The Balaban J connectivity index is 1.64. The Hall–Kier alpha value is -2.38. The Kier molecular flexibility index (Phi) is 6.25. The second-order valence-corrected chi connectivity index (χ2v) is 6.13. The van der Waals surface area contributed by atoms with E-state index >= 15 is 0 Å². The molecule has 1 amide bonds. The summed E-state index contributed by atoms with van der Waals surface area (Å²) in [6.45, 7) is 7.25. The van der Waals surface area contributed by atoms with Crippen LogP contribution in [-0.2, 0) is 4.74 Å². The van der Waals surface area contributed by atoms with Gasteiger partial charge in [-0.15, -0.1) is 0 Å². The molecule has 0 aliphatic carbocycles. The smallest absolute Gasteiger partial charge is 0.337 e. The molecule has 0 radical (unpaired) electrons. The highest BCUT2D eigenvalue weighted by Crippen LogP contribution is 2.22. The summed E-state index contributed by atoms with van der Waals surface area (Å²) in [5.41, 5.74) is 0.122. The van der Waals surface area contributed by atoms with Crippen molar-refractivity contribution in [3.8, 4) is 5.75 Å². The van der Waals surface area contributed by atoms with E-state index in [1.54, 1.807) is 18.2 Å². The van der Waals surface area contributed by atoms with Crippen molar-refractivity contribution in [1.29, 1.82) is 0 Å². The number of nitrogens with one attached hydrogen (secondary N) is 1. The molecule has 0 unspecified atom stereocenters. The van der Waals surface area contributed by atoms with Gasteiger partial charge >= 0.3 is 5.63 Å². The highest BCUT2D eigenvalue weighted by Gasteiger charge is 2.14. The first kappa shape index (κ1) is 18.4. The molecular formula is C19H24N2O5. The predicted molar refractivity (Wildman–Crippen MR) is 97.9 cm³/mol. The summed E-state index contributed by atoms with van der Waals surface area (Å²) in [4.78, 5) is 26.6. The lowest BCUT2D eigenvalue weighted by atomic mass is 10.1. The van der Waals surface area contributed by atoms with Crippen LogP contribution < -0.4 is 15.7 Å². The molecule has 1 aliphatic rings. The number of rotatable bonds is 7. The maximum atomic E-state index is 12.5. The minimum absolute atomic E-state index is 0.269. The highest BCUT2D eigenvalue weighted by atomic mass is 16.5. The third kappa shape index (κ3) is 4.62. The van der Waals surface area contributed by atoms with E-state index in [0.717, 1.165) is 39.3 Å². The van der Waals surface area contributed by atoms with E-state index in [9.17, 15) is 9.59 Å². The number of benzene rings is 1. The summed E-state index contributed by atoms with van der Waals surface area (Å²) in [6.07, 6.45) is 0.847. The van der Waals surface area contributed by atoms with Crippen LogP contribution >= 0.6 is 0 Å². The summed E-state index contributed by atoms with van der Waals surface area (Å²) in [5.74, 6) is 0.334. The van der Waals surface area contributed by atoms with Gasteiger partial charge in [0.25, 0.3) is 5.91 Å². The third-order valence-corrected chi connectivity index (χ3v) is 4.31. The van der Waals surface area contributed by atoms with Crippen molar-refractivity contribution in [2.45, 2.75) is 13.3 Å². The van der Waals surface area contributed by atoms with Crippen LogP contribution in [0.3, 0.4) is 0 Å². The van der Waals surface area contributed by atoms with Gasteiger partial charge in [0, 0.05) is 37.2 Å². The Morgan fingerprint density at radius 2 is 2.08 bits per heavy atom. The zero-order chi connectivity index (χ0) is 18.4. The van der Waals surface area contributed by atoms with E-state index in [4.69, 9.17) is 13.9 Å². The summed E-state index contributed by atoms with van der Waals surface area (Å²) in [7, 11) is 0. The second kappa shape index (κ2) is 8.82. The Morgan fingerprint density at radius 3 is 2.85 bits per heavy atom. The molecule has 1 N–H and O–H groups in total. The number of morpholine rings is 1. The van der Waals surface area contributed by atoms with Gasteiger partial charge in [0.2, 0.25) is 0 Å². The summed E-state index contributed by atoms with van der Waals surface area (Å²) in [5, 5.41) is 3.49. The molecule has 1 aromatic carbocycles. The zero-order valence-electron chi connectivity index (χ0n) is 15.0. The minimum atomic E-state index is -0.551. The average molecular weight is 360 g/mol. The maximum Gasteiger partial charge on any atom is 0.337 e. The molecule has 1 aliphatic heterocycles. The van der Waals surface area contributed by atoms with Crippen LogP contribution in [0.25, 0.3) is 11.0 Å². The number of carbonyl (C=O) groups excluding carboxylic acids is 1.